The first-order valence-electron chi connectivity index (χ1n) is 7.06. The summed E-state index contributed by atoms with van der Waals surface area (Å²) in [6, 6.07) is 6.78. The van der Waals surface area contributed by atoms with Gasteiger partial charge in [-0.3, -0.25) is 0 Å². The minimum absolute atomic E-state index is 0.211. The standard InChI is InChI=1S/C16H24N2O/c1-11(2)17-8-7-13-10-18-16-6-5-14(9-15(13)16)19-12(3)4/h5-6,9-12,17-18H,7-8H2,1-4H3. The summed E-state index contributed by atoms with van der Waals surface area (Å²) in [4.78, 5) is 3.32. The van der Waals surface area contributed by atoms with Crippen molar-refractivity contribution in [2.45, 2.75) is 46.3 Å². The summed E-state index contributed by atoms with van der Waals surface area (Å²) < 4.78 is 5.76. The lowest BCUT2D eigenvalue weighted by Gasteiger charge is -2.10. The van der Waals surface area contributed by atoms with Gasteiger partial charge in [-0.25, -0.2) is 0 Å². The second-order valence-corrected chi connectivity index (χ2v) is 5.55. The van der Waals surface area contributed by atoms with Crippen LogP contribution >= 0.6 is 0 Å². The van der Waals surface area contributed by atoms with E-state index < -0.39 is 0 Å². The summed E-state index contributed by atoms with van der Waals surface area (Å²) in [5, 5.41) is 4.72. The van der Waals surface area contributed by atoms with Gasteiger partial charge in [0.2, 0.25) is 0 Å². The Hall–Kier alpha value is -1.48. The van der Waals surface area contributed by atoms with Gasteiger partial charge in [0, 0.05) is 23.1 Å². The third kappa shape index (κ3) is 3.74. The molecule has 0 saturated carbocycles. The van der Waals surface area contributed by atoms with Crippen molar-refractivity contribution in [3.8, 4) is 5.75 Å². The molecule has 1 aromatic heterocycles. The maximum Gasteiger partial charge on any atom is 0.120 e. The fraction of sp³-hybridized carbons (Fsp3) is 0.500. The van der Waals surface area contributed by atoms with Gasteiger partial charge in [-0.15, -0.1) is 0 Å². The molecule has 3 heteroatoms. The van der Waals surface area contributed by atoms with Gasteiger partial charge in [0.15, 0.2) is 0 Å². The molecule has 0 aliphatic rings. The minimum Gasteiger partial charge on any atom is -0.491 e. The zero-order valence-electron chi connectivity index (χ0n) is 12.3. The fourth-order valence-electron chi connectivity index (χ4n) is 2.21. The average molecular weight is 260 g/mol. The molecule has 0 bridgehead atoms. The monoisotopic (exact) mass is 260 g/mol. The van der Waals surface area contributed by atoms with Crippen molar-refractivity contribution in [2.75, 3.05) is 6.54 Å². The number of aromatic amines is 1. The van der Waals surface area contributed by atoms with Crippen molar-refractivity contribution in [2.24, 2.45) is 0 Å². The number of benzene rings is 1. The van der Waals surface area contributed by atoms with E-state index in [1.165, 1.54) is 16.5 Å². The Bertz CT molecular complexity index is 529. The van der Waals surface area contributed by atoms with Gasteiger partial charge in [0.25, 0.3) is 0 Å². The highest BCUT2D eigenvalue weighted by molar-refractivity contribution is 5.84. The number of ether oxygens (including phenoxy) is 1. The van der Waals surface area contributed by atoms with Gasteiger partial charge in [-0.05, 0) is 50.6 Å². The second-order valence-electron chi connectivity index (χ2n) is 5.55. The topological polar surface area (TPSA) is 37.0 Å². The molecule has 2 N–H and O–H groups in total. The molecule has 0 unspecified atom stereocenters. The van der Waals surface area contributed by atoms with Gasteiger partial charge in [-0.2, -0.15) is 0 Å². The average Bonchev–Trinajstić information content (AvgIpc) is 2.71. The van der Waals surface area contributed by atoms with E-state index in [1.807, 2.05) is 6.07 Å². The van der Waals surface area contributed by atoms with Gasteiger partial charge >= 0.3 is 0 Å². The maximum absolute atomic E-state index is 5.76. The van der Waals surface area contributed by atoms with Crippen molar-refractivity contribution in [3.63, 3.8) is 0 Å². The van der Waals surface area contributed by atoms with Crippen molar-refractivity contribution >= 4 is 10.9 Å². The van der Waals surface area contributed by atoms with Crippen LogP contribution in [0.2, 0.25) is 0 Å². The molecule has 2 rings (SSSR count). The molecule has 2 aromatic rings. The third-order valence-corrected chi connectivity index (χ3v) is 3.06. The van der Waals surface area contributed by atoms with Gasteiger partial charge in [0.1, 0.15) is 5.75 Å². The highest BCUT2D eigenvalue weighted by atomic mass is 16.5. The van der Waals surface area contributed by atoms with Crippen LogP contribution in [-0.2, 0) is 6.42 Å². The molecule has 104 valence electrons. The molecule has 0 radical (unpaired) electrons. The lowest BCUT2D eigenvalue weighted by Crippen LogP contribution is -2.24. The Morgan fingerprint density at radius 1 is 1.21 bits per heavy atom. The zero-order valence-corrected chi connectivity index (χ0v) is 12.3. The first-order chi connectivity index (χ1) is 9.06. The Kier molecular flexibility index (Phi) is 4.48. The highest BCUT2D eigenvalue weighted by Gasteiger charge is 2.06. The predicted molar refractivity (Wildman–Crippen MR) is 80.9 cm³/mol. The molecule has 0 aliphatic carbocycles. The summed E-state index contributed by atoms with van der Waals surface area (Å²) in [5.74, 6) is 0.945. The Balaban J connectivity index is 2.15. The lowest BCUT2D eigenvalue weighted by atomic mass is 10.1. The zero-order chi connectivity index (χ0) is 13.8. The normalized spacial score (nSPS) is 11.7. The number of rotatable bonds is 6. The maximum atomic E-state index is 5.76. The van der Waals surface area contributed by atoms with Crippen LogP contribution < -0.4 is 10.1 Å². The molecule has 3 nitrogen and oxygen atoms in total. The van der Waals surface area contributed by atoms with Crippen LogP contribution in [0.3, 0.4) is 0 Å². The summed E-state index contributed by atoms with van der Waals surface area (Å²) in [5.41, 5.74) is 2.52. The van der Waals surface area contributed by atoms with Crippen molar-refractivity contribution in [3.05, 3.63) is 30.0 Å². The van der Waals surface area contributed by atoms with Gasteiger partial charge in [-0.1, -0.05) is 13.8 Å². The van der Waals surface area contributed by atoms with E-state index in [9.17, 15) is 0 Å². The van der Waals surface area contributed by atoms with E-state index in [1.54, 1.807) is 0 Å². The van der Waals surface area contributed by atoms with Crippen LogP contribution in [-0.4, -0.2) is 23.7 Å². The number of hydrogen-bond donors (Lipinski definition) is 2. The van der Waals surface area contributed by atoms with Crippen LogP contribution in [0.4, 0.5) is 0 Å². The summed E-state index contributed by atoms with van der Waals surface area (Å²) in [6.45, 7) is 9.44. The SMILES string of the molecule is CC(C)NCCc1c[nH]c2ccc(OC(C)C)cc12. The minimum atomic E-state index is 0.211. The molecule has 19 heavy (non-hydrogen) atoms. The molecule has 1 heterocycles. The quantitative estimate of drug-likeness (QED) is 0.834. The Morgan fingerprint density at radius 2 is 2.00 bits per heavy atom. The van der Waals surface area contributed by atoms with Crippen LogP contribution in [0.25, 0.3) is 10.9 Å². The largest absolute Gasteiger partial charge is 0.491 e. The van der Waals surface area contributed by atoms with Crippen molar-refractivity contribution < 1.29 is 4.74 Å². The summed E-state index contributed by atoms with van der Waals surface area (Å²) in [6.07, 6.45) is 3.34. The lowest BCUT2D eigenvalue weighted by molar-refractivity contribution is 0.243. The molecule has 0 amide bonds. The highest BCUT2D eigenvalue weighted by Crippen LogP contribution is 2.24. The number of fused-ring (bicyclic) bond motifs is 1. The molecule has 0 saturated heterocycles. The van der Waals surface area contributed by atoms with Crippen LogP contribution in [0.15, 0.2) is 24.4 Å². The number of aromatic nitrogens is 1. The smallest absolute Gasteiger partial charge is 0.120 e. The van der Waals surface area contributed by atoms with Crippen LogP contribution in [0.1, 0.15) is 33.3 Å². The van der Waals surface area contributed by atoms with Gasteiger partial charge < -0.3 is 15.0 Å². The van der Waals surface area contributed by atoms with E-state index in [0.717, 1.165) is 18.7 Å². The molecule has 1 aromatic carbocycles. The van der Waals surface area contributed by atoms with Crippen LogP contribution in [0.5, 0.6) is 5.75 Å². The van der Waals surface area contributed by atoms with E-state index in [0.29, 0.717) is 6.04 Å². The molecule has 0 spiro atoms. The van der Waals surface area contributed by atoms with Crippen molar-refractivity contribution in [1.82, 2.24) is 10.3 Å². The number of nitrogens with one attached hydrogen (secondary N) is 2. The summed E-state index contributed by atoms with van der Waals surface area (Å²) >= 11 is 0. The summed E-state index contributed by atoms with van der Waals surface area (Å²) in [7, 11) is 0. The first kappa shape index (κ1) is 13.9. The molecule has 0 fully saturated rings. The predicted octanol–water partition coefficient (Wildman–Crippen LogP) is 3.50. The van der Waals surface area contributed by atoms with E-state index in [2.05, 4.69) is 56.3 Å². The third-order valence-electron chi connectivity index (χ3n) is 3.06. The number of hydrogen-bond acceptors (Lipinski definition) is 2. The van der Waals surface area contributed by atoms with Gasteiger partial charge in [0.05, 0.1) is 6.10 Å². The molecule has 0 atom stereocenters. The molecule has 0 aliphatic heterocycles. The second kappa shape index (κ2) is 6.11. The Labute approximate surface area is 115 Å². The molecular weight excluding hydrogens is 236 g/mol. The fourth-order valence-corrected chi connectivity index (χ4v) is 2.21. The Morgan fingerprint density at radius 3 is 2.68 bits per heavy atom. The van der Waals surface area contributed by atoms with E-state index in [4.69, 9.17) is 4.74 Å². The molecular formula is C16H24N2O. The number of H-pyrrole nitrogens is 1. The van der Waals surface area contributed by atoms with E-state index in [-0.39, 0.29) is 6.10 Å². The van der Waals surface area contributed by atoms with E-state index >= 15 is 0 Å². The first-order valence-corrected chi connectivity index (χ1v) is 7.06. The van der Waals surface area contributed by atoms with Crippen LogP contribution in [0, 0.1) is 0 Å². The van der Waals surface area contributed by atoms with Crippen molar-refractivity contribution in [1.29, 1.82) is 0 Å².